The number of hydrogen-bond donors (Lipinski definition) is 0. The Morgan fingerprint density at radius 1 is 0.305 bits per heavy atom. The summed E-state index contributed by atoms with van der Waals surface area (Å²) in [7, 11) is 0. The third kappa shape index (κ3) is 8.98. The zero-order chi connectivity index (χ0) is 79.1. The number of rotatable bonds is 11. The van der Waals surface area contributed by atoms with Gasteiger partial charge in [0, 0.05) is 77.9 Å². The SMILES string of the molecule is [2H]c1cc(-c2ccccc2)c(N2c3cc(-n4c5c([2H])c([2H])c([2H])c([2H])c5c5c([2H])c([2H])c([2H])c([2H])c54)ccc3B3c4ccc(-n5c6c([2H])c([2H])c([2H])c([2H])c6c6c([2H])c([2H])c([2H])c([2H])c65)cc4N(c4c(-c5ccccc5)cc([2H])cc4-c4ccccc4)c4cc(-c5ccc(C(C)C)cc5C(C)C)cc2c43)c(-c2ccccc2)c1. The highest BCUT2D eigenvalue weighted by Crippen LogP contribution is 2.55. The van der Waals surface area contributed by atoms with Gasteiger partial charge >= 0.3 is 0 Å². The maximum atomic E-state index is 9.86. The van der Waals surface area contributed by atoms with Crippen LogP contribution in [0.2, 0.25) is 0 Å². The number of hydrogen-bond acceptors (Lipinski definition) is 2. The van der Waals surface area contributed by atoms with Gasteiger partial charge in [0.05, 0.1) is 58.1 Å². The second-order valence-electron chi connectivity index (χ2n) is 25.0. The van der Waals surface area contributed by atoms with Gasteiger partial charge in [-0.05, 0) is 133 Å². The summed E-state index contributed by atoms with van der Waals surface area (Å²) < 4.78 is 174. The Balaban J connectivity index is 1.08. The van der Waals surface area contributed by atoms with Gasteiger partial charge in [0.2, 0.25) is 0 Å². The Morgan fingerprint density at radius 3 is 1.01 bits per heavy atom. The van der Waals surface area contributed by atoms with E-state index in [-0.39, 0.29) is 78.9 Å². The number of para-hydroxylation sites is 6. The first kappa shape index (κ1) is 40.4. The molecule has 4 heterocycles. The molecule has 450 valence electrons. The fourth-order valence-corrected chi connectivity index (χ4v) is 14.7. The van der Waals surface area contributed by atoms with Crippen LogP contribution in [0.25, 0.3) is 111 Å². The van der Waals surface area contributed by atoms with Crippen LogP contribution < -0.4 is 26.2 Å². The lowest BCUT2D eigenvalue weighted by Gasteiger charge is -2.46. The van der Waals surface area contributed by atoms with Crippen molar-refractivity contribution in [1.29, 1.82) is 0 Å². The highest BCUT2D eigenvalue weighted by atomic mass is 15.2. The second kappa shape index (κ2) is 22.6. The molecule has 2 aliphatic heterocycles. The van der Waals surface area contributed by atoms with Gasteiger partial charge in [-0.1, -0.05) is 288 Å². The van der Waals surface area contributed by atoms with Crippen LogP contribution in [0.1, 0.15) is 75.3 Å². The first-order valence-electron chi connectivity index (χ1n) is 41.0. The van der Waals surface area contributed by atoms with Crippen molar-refractivity contribution in [1.82, 2.24) is 9.13 Å². The van der Waals surface area contributed by atoms with Crippen LogP contribution in [-0.4, -0.2) is 15.8 Å². The van der Waals surface area contributed by atoms with Gasteiger partial charge in [-0.2, -0.15) is 0 Å². The van der Waals surface area contributed by atoms with Crippen LogP contribution >= 0.6 is 0 Å². The summed E-state index contributed by atoms with van der Waals surface area (Å²) in [6.45, 7) is 7.83. The van der Waals surface area contributed by atoms with E-state index in [0.717, 1.165) is 50.0 Å². The fraction of sp³-hybridized carbons (Fsp3) is 0.0667. The minimum atomic E-state index is -0.838. The highest BCUT2D eigenvalue weighted by molar-refractivity contribution is 7.00. The highest BCUT2D eigenvalue weighted by Gasteiger charge is 2.46. The predicted octanol–water partition coefficient (Wildman–Crippen LogP) is 22.5. The summed E-state index contributed by atoms with van der Waals surface area (Å²) in [4.78, 5) is 4.44. The molecule has 0 amide bonds. The molecular weight excluding hydrogens is 1150 g/mol. The van der Waals surface area contributed by atoms with E-state index in [2.05, 4.69) is 67.8 Å². The minimum Gasteiger partial charge on any atom is -0.310 e. The maximum absolute atomic E-state index is 9.86. The largest absolute Gasteiger partial charge is 0.310 e. The predicted molar refractivity (Wildman–Crippen MR) is 405 cm³/mol. The van der Waals surface area contributed by atoms with Gasteiger partial charge in [0.15, 0.2) is 0 Å². The summed E-state index contributed by atoms with van der Waals surface area (Å²) >= 11 is 0. The lowest BCUT2D eigenvalue weighted by Crippen LogP contribution is -2.61. The molecule has 0 radical (unpaired) electrons. The second-order valence-corrected chi connectivity index (χ2v) is 25.0. The Morgan fingerprint density at radius 2 is 0.663 bits per heavy atom. The molecule has 2 aromatic heterocycles. The van der Waals surface area contributed by atoms with Crippen LogP contribution in [0.5, 0.6) is 0 Å². The monoisotopic (exact) mass is 1230 g/mol. The van der Waals surface area contributed by atoms with E-state index in [0.29, 0.717) is 67.3 Å². The van der Waals surface area contributed by atoms with Crippen LogP contribution in [-0.2, 0) is 0 Å². The summed E-state index contributed by atoms with van der Waals surface area (Å²) in [6, 6.07) is 60.9. The first-order valence-corrected chi connectivity index (χ1v) is 32.0. The van der Waals surface area contributed by atoms with Crippen molar-refractivity contribution >= 4 is 101 Å². The van der Waals surface area contributed by atoms with Crippen molar-refractivity contribution in [3.8, 4) is 67.0 Å². The number of nitrogens with zero attached hydrogens (tertiary/aromatic N) is 4. The lowest BCUT2D eigenvalue weighted by atomic mass is 9.33. The third-order valence-corrected chi connectivity index (χ3v) is 19.0. The van der Waals surface area contributed by atoms with Crippen molar-refractivity contribution in [2.45, 2.75) is 39.5 Å². The summed E-state index contributed by atoms with van der Waals surface area (Å²) in [6.07, 6.45) is 0. The molecule has 2 aliphatic rings. The number of fused-ring (bicyclic) bond motifs is 10. The molecule has 0 saturated heterocycles. The van der Waals surface area contributed by atoms with Crippen LogP contribution in [0.4, 0.5) is 34.1 Å². The van der Waals surface area contributed by atoms with Crippen LogP contribution in [0.15, 0.2) is 321 Å². The van der Waals surface area contributed by atoms with E-state index in [1.807, 2.05) is 170 Å². The number of anilines is 6. The molecule has 5 heteroatoms. The topological polar surface area (TPSA) is 16.3 Å². The normalized spacial score (nSPS) is 15.2. The standard InChI is InChI=1S/C90H67BN4/c1-58(2)64-47-50-68(77(53-64)59(3)4)65-54-86-88-87(55-65)95(90-71(62-31-13-7-14-32-62)41-26-42-72(90)63-33-15-8-16-34-63)85-57-67(93-82-45-23-19-37-75(82)76-38-20-24-46-83(76)93)49-52-79(85)91(88)78-51-48-66(92-80-43-21-17-35-73(80)74-36-18-22-44-81(74)92)56-84(78)94(86)89-69(60-27-9-5-10-28-60)39-25-40-70(89)61-29-11-6-12-30-61/h5-59H,1-4H3/i17D,18D,19D,20D,21D,22D,23D,24D,25D,26D,35D,36D,37D,38D,43D,44D,45D,46D. The Kier molecular flexibility index (Phi) is 9.59. The summed E-state index contributed by atoms with van der Waals surface area (Å²) in [5, 5.41) is -0.407. The van der Waals surface area contributed by atoms with Crippen LogP contribution in [0.3, 0.4) is 0 Å². The average Bonchev–Trinajstić information content (AvgIpc) is 1.07. The van der Waals surface area contributed by atoms with Crippen molar-refractivity contribution in [3.05, 3.63) is 332 Å². The minimum absolute atomic E-state index is 0.0518. The molecule has 95 heavy (non-hydrogen) atoms. The average molecular weight is 1230 g/mol. The zero-order valence-electron chi connectivity index (χ0n) is 70.2. The van der Waals surface area contributed by atoms with Gasteiger partial charge in [-0.25, -0.2) is 0 Å². The van der Waals surface area contributed by atoms with Crippen LogP contribution in [0, 0.1) is 0 Å². The quantitative estimate of drug-likeness (QED) is 0.120. The molecule has 14 aromatic carbocycles. The van der Waals surface area contributed by atoms with E-state index in [4.69, 9.17) is 5.48 Å². The van der Waals surface area contributed by atoms with E-state index in [9.17, 15) is 19.2 Å². The Hall–Kier alpha value is -11.7. The molecule has 0 aliphatic carbocycles. The van der Waals surface area contributed by atoms with Crippen molar-refractivity contribution < 1.29 is 24.7 Å². The Bertz CT molecular complexity index is 6160. The smallest absolute Gasteiger partial charge is 0.252 e. The first-order chi connectivity index (χ1) is 54.3. The summed E-state index contributed by atoms with van der Waals surface area (Å²) in [5.41, 5.74) is 15.3. The molecule has 0 N–H and O–H groups in total. The molecule has 0 unspecified atom stereocenters. The molecule has 16 aromatic rings. The van der Waals surface area contributed by atoms with Crippen molar-refractivity contribution in [2.24, 2.45) is 0 Å². The van der Waals surface area contributed by atoms with E-state index in [1.165, 1.54) is 9.13 Å². The van der Waals surface area contributed by atoms with E-state index >= 15 is 0 Å². The van der Waals surface area contributed by atoms with Gasteiger partial charge in [0.25, 0.3) is 6.71 Å². The van der Waals surface area contributed by atoms with Gasteiger partial charge in [0.1, 0.15) is 0 Å². The molecular formula is C90H67BN4. The van der Waals surface area contributed by atoms with E-state index in [1.54, 1.807) is 12.1 Å². The van der Waals surface area contributed by atoms with Gasteiger partial charge in [-0.15, -0.1) is 0 Å². The van der Waals surface area contributed by atoms with Gasteiger partial charge in [-0.3, -0.25) is 0 Å². The molecule has 0 atom stereocenters. The fourth-order valence-electron chi connectivity index (χ4n) is 14.7. The number of aromatic nitrogens is 2. The molecule has 0 bridgehead atoms. The third-order valence-electron chi connectivity index (χ3n) is 19.0. The molecule has 0 fully saturated rings. The molecule has 0 saturated carbocycles. The summed E-state index contributed by atoms with van der Waals surface area (Å²) in [5.74, 6) is 0.0884. The molecule has 0 spiro atoms. The maximum Gasteiger partial charge on any atom is 0.252 e. The molecule has 18 rings (SSSR count). The lowest BCUT2D eigenvalue weighted by molar-refractivity contribution is 0.835. The van der Waals surface area contributed by atoms with Gasteiger partial charge < -0.3 is 18.9 Å². The molecule has 4 nitrogen and oxygen atoms in total. The van der Waals surface area contributed by atoms with E-state index < -0.39 is 103 Å². The van der Waals surface area contributed by atoms with Crippen molar-refractivity contribution in [2.75, 3.05) is 9.80 Å². The van der Waals surface area contributed by atoms with Crippen molar-refractivity contribution in [3.63, 3.8) is 0 Å². The Labute approximate surface area is 580 Å². The number of benzene rings is 14. The zero-order valence-corrected chi connectivity index (χ0v) is 52.2.